The second-order valence-corrected chi connectivity index (χ2v) is 5.44. The molecule has 92 valence electrons. The van der Waals surface area contributed by atoms with Crippen LogP contribution in [-0.2, 0) is 10.3 Å². The fourth-order valence-electron chi connectivity index (χ4n) is 2.11. The Kier molecular flexibility index (Phi) is 3.30. The SMILES string of the molecule is COCC(C)(C)n1c(=S)[nH]c2cccc(Cl)c21. The lowest BCUT2D eigenvalue weighted by Crippen LogP contribution is -2.31. The topological polar surface area (TPSA) is 29.9 Å². The van der Waals surface area contributed by atoms with Gasteiger partial charge in [0.25, 0.3) is 0 Å². The fourth-order valence-corrected chi connectivity index (χ4v) is 2.82. The van der Waals surface area contributed by atoms with Crippen LogP contribution in [0.25, 0.3) is 11.0 Å². The number of hydrogen-bond acceptors (Lipinski definition) is 2. The minimum Gasteiger partial charge on any atom is -0.382 e. The summed E-state index contributed by atoms with van der Waals surface area (Å²) in [6.07, 6.45) is 0. The second-order valence-electron chi connectivity index (χ2n) is 4.65. The molecule has 0 aliphatic rings. The highest BCUT2D eigenvalue weighted by molar-refractivity contribution is 7.71. The lowest BCUT2D eigenvalue weighted by Gasteiger charge is -2.26. The van der Waals surface area contributed by atoms with Crippen LogP contribution in [0.2, 0.25) is 5.02 Å². The van der Waals surface area contributed by atoms with E-state index in [-0.39, 0.29) is 5.54 Å². The number of nitrogens with zero attached hydrogens (tertiary/aromatic N) is 1. The van der Waals surface area contributed by atoms with Gasteiger partial charge in [-0.25, -0.2) is 0 Å². The van der Waals surface area contributed by atoms with Crippen LogP contribution in [-0.4, -0.2) is 23.3 Å². The number of imidazole rings is 1. The molecule has 0 unspecified atom stereocenters. The van der Waals surface area contributed by atoms with Gasteiger partial charge < -0.3 is 14.3 Å². The highest BCUT2D eigenvalue weighted by Crippen LogP contribution is 2.29. The number of nitrogens with one attached hydrogen (secondary N) is 1. The van der Waals surface area contributed by atoms with Crippen LogP contribution in [0.1, 0.15) is 13.8 Å². The normalized spacial score (nSPS) is 12.2. The van der Waals surface area contributed by atoms with Gasteiger partial charge in [0.2, 0.25) is 0 Å². The number of fused-ring (bicyclic) bond motifs is 1. The van der Waals surface area contributed by atoms with Crippen LogP contribution in [0, 0.1) is 4.77 Å². The number of H-pyrrole nitrogens is 1. The quantitative estimate of drug-likeness (QED) is 0.862. The van der Waals surface area contributed by atoms with Gasteiger partial charge in [-0.15, -0.1) is 0 Å². The predicted octanol–water partition coefficient (Wildman–Crippen LogP) is 3.73. The van der Waals surface area contributed by atoms with E-state index < -0.39 is 0 Å². The van der Waals surface area contributed by atoms with E-state index in [4.69, 9.17) is 28.6 Å². The van der Waals surface area contributed by atoms with Crippen molar-refractivity contribution in [1.29, 1.82) is 0 Å². The zero-order valence-electron chi connectivity index (χ0n) is 10.1. The number of ether oxygens (including phenoxy) is 1. The number of benzene rings is 1. The minimum absolute atomic E-state index is 0.241. The highest BCUT2D eigenvalue weighted by Gasteiger charge is 2.24. The van der Waals surface area contributed by atoms with Gasteiger partial charge >= 0.3 is 0 Å². The van der Waals surface area contributed by atoms with Crippen molar-refractivity contribution in [1.82, 2.24) is 9.55 Å². The molecule has 1 heterocycles. The van der Waals surface area contributed by atoms with Crippen molar-refractivity contribution in [3.63, 3.8) is 0 Å². The molecule has 1 aromatic heterocycles. The Morgan fingerprint density at radius 2 is 2.18 bits per heavy atom. The minimum atomic E-state index is -0.241. The van der Waals surface area contributed by atoms with E-state index in [9.17, 15) is 0 Å². The Hall–Kier alpha value is -0.840. The molecule has 0 amide bonds. The van der Waals surface area contributed by atoms with Crippen molar-refractivity contribution in [2.24, 2.45) is 0 Å². The molecule has 0 saturated carbocycles. The number of hydrogen-bond donors (Lipinski definition) is 1. The third kappa shape index (κ3) is 2.12. The monoisotopic (exact) mass is 270 g/mol. The van der Waals surface area contributed by atoms with Gasteiger partial charge in [0.1, 0.15) is 0 Å². The number of rotatable bonds is 3. The summed E-state index contributed by atoms with van der Waals surface area (Å²) in [5.74, 6) is 0. The highest BCUT2D eigenvalue weighted by atomic mass is 35.5. The lowest BCUT2D eigenvalue weighted by molar-refractivity contribution is 0.111. The standard InChI is InChI=1S/C12H15ClN2OS/c1-12(2,7-16-3)15-10-8(13)5-4-6-9(10)14-11(15)17/h4-6H,7H2,1-3H3,(H,14,17). The van der Waals surface area contributed by atoms with Crippen molar-refractivity contribution < 1.29 is 4.74 Å². The molecular formula is C12H15ClN2OS. The summed E-state index contributed by atoms with van der Waals surface area (Å²) in [6, 6.07) is 5.74. The number of aromatic amines is 1. The van der Waals surface area contributed by atoms with E-state index in [2.05, 4.69) is 18.8 Å². The summed E-state index contributed by atoms with van der Waals surface area (Å²) in [5.41, 5.74) is 1.64. The number of methoxy groups -OCH3 is 1. The predicted molar refractivity (Wildman–Crippen MR) is 73.3 cm³/mol. The van der Waals surface area contributed by atoms with Crippen LogP contribution < -0.4 is 0 Å². The number of para-hydroxylation sites is 1. The molecule has 1 aromatic carbocycles. The molecule has 2 rings (SSSR count). The van der Waals surface area contributed by atoms with E-state index in [1.54, 1.807) is 7.11 Å². The molecule has 0 bridgehead atoms. The summed E-state index contributed by atoms with van der Waals surface area (Å²) in [5, 5.41) is 0.694. The molecule has 3 nitrogen and oxygen atoms in total. The Morgan fingerprint density at radius 1 is 1.47 bits per heavy atom. The third-order valence-corrected chi connectivity index (χ3v) is 3.35. The number of aromatic nitrogens is 2. The maximum absolute atomic E-state index is 6.25. The first-order valence-corrected chi connectivity index (χ1v) is 6.14. The molecule has 1 N–H and O–H groups in total. The summed E-state index contributed by atoms with van der Waals surface area (Å²) in [7, 11) is 1.68. The maximum Gasteiger partial charge on any atom is 0.178 e. The average Bonchev–Trinajstić information content (AvgIpc) is 2.56. The van der Waals surface area contributed by atoms with Gasteiger partial charge in [-0.3, -0.25) is 0 Å². The Balaban J connectivity index is 2.77. The first-order chi connectivity index (χ1) is 7.97. The van der Waals surface area contributed by atoms with Crippen LogP contribution in [0.15, 0.2) is 18.2 Å². The van der Waals surface area contributed by atoms with Gasteiger partial charge in [0, 0.05) is 7.11 Å². The zero-order chi connectivity index (χ0) is 12.6. The molecule has 5 heteroatoms. The summed E-state index contributed by atoms with van der Waals surface area (Å²) < 4.78 is 7.93. The maximum atomic E-state index is 6.25. The first kappa shape index (κ1) is 12.6. The van der Waals surface area contributed by atoms with Gasteiger partial charge in [0.15, 0.2) is 4.77 Å². The molecule has 17 heavy (non-hydrogen) atoms. The molecular weight excluding hydrogens is 256 g/mol. The van der Waals surface area contributed by atoms with E-state index >= 15 is 0 Å². The van der Waals surface area contributed by atoms with Gasteiger partial charge in [-0.2, -0.15) is 0 Å². The first-order valence-electron chi connectivity index (χ1n) is 5.36. The van der Waals surface area contributed by atoms with Crippen LogP contribution >= 0.6 is 23.8 Å². The van der Waals surface area contributed by atoms with Gasteiger partial charge in [-0.1, -0.05) is 17.7 Å². The Morgan fingerprint density at radius 3 is 2.82 bits per heavy atom. The van der Waals surface area contributed by atoms with Crippen molar-refractivity contribution in [3.8, 4) is 0 Å². The molecule has 0 fully saturated rings. The molecule has 0 saturated heterocycles. The fraction of sp³-hybridized carbons (Fsp3) is 0.417. The molecule has 0 aliphatic carbocycles. The zero-order valence-corrected chi connectivity index (χ0v) is 11.7. The third-order valence-electron chi connectivity index (χ3n) is 2.76. The van der Waals surface area contributed by atoms with Crippen molar-refractivity contribution in [2.45, 2.75) is 19.4 Å². The van der Waals surface area contributed by atoms with Gasteiger partial charge in [-0.05, 0) is 38.2 Å². The van der Waals surface area contributed by atoms with Crippen LogP contribution in [0.3, 0.4) is 0 Å². The molecule has 0 radical (unpaired) electrons. The van der Waals surface area contributed by atoms with Crippen molar-refractivity contribution >= 4 is 34.9 Å². The average molecular weight is 271 g/mol. The van der Waals surface area contributed by atoms with Crippen LogP contribution in [0.5, 0.6) is 0 Å². The number of halogens is 1. The molecule has 0 atom stereocenters. The lowest BCUT2D eigenvalue weighted by atomic mass is 10.1. The van der Waals surface area contributed by atoms with Crippen molar-refractivity contribution in [2.75, 3.05) is 13.7 Å². The molecule has 0 aliphatic heterocycles. The molecule has 0 spiro atoms. The Labute approximate surface area is 110 Å². The summed E-state index contributed by atoms with van der Waals surface area (Å²) in [6.45, 7) is 4.71. The summed E-state index contributed by atoms with van der Waals surface area (Å²) in [4.78, 5) is 3.17. The smallest absolute Gasteiger partial charge is 0.178 e. The van der Waals surface area contributed by atoms with Crippen molar-refractivity contribution in [3.05, 3.63) is 28.0 Å². The largest absolute Gasteiger partial charge is 0.382 e. The van der Waals surface area contributed by atoms with E-state index in [1.807, 2.05) is 22.8 Å². The molecule has 2 aromatic rings. The second kappa shape index (κ2) is 4.44. The van der Waals surface area contributed by atoms with E-state index in [0.717, 1.165) is 11.0 Å². The summed E-state index contributed by atoms with van der Waals surface area (Å²) >= 11 is 11.6. The van der Waals surface area contributed by atoms with E-state index in [1.165, 1.54) is 0 Å². The van der Waals surface area contributed by atoms with Gasteiger partial charge in [0.05, 0.1) is 28.2 Å². The Bertz CT molecular complexity index is 600. The van der Waals surface area contributed by atoms with E-state index in [0.29, 0.717) is 16.4 Å². The van der Waals surface area contributed by atoms with Crippen LogP contribution in [0.4, 0.5) is 0 Å².